The van der Waals surface area contributed by atoms with E-state index in [0.29, 0.717) is 23.0 Å². The molecular formula is C14H16N4O3. The average Bonchev–Trinajstić information content (AvgIpc) is 2.95. The number of aromatic amines is 1. The molecule has 7 nitrogen and oxygen atoms in total. The highest BCUT2D eigenvalue weighted by Gasteiger charge is 2.25. The van der Waals surface area contributed by atoms with Crippen molar-refractivity contribution < 1.29 is 14.3 Å². The minimum Gasteiger partial charge on any atom is -0.457 e. The Kier molecular flexibility index (Phi) is 3.55. The van der Waals surface area contributed by atoms with Crippen molar-refractivity contribution in [2.24, 2.45) is 0 Å². The molecule has 0 bridgehead atoms. The fourth-order valence-corrected chi connectivity index (χ4v) is 2.56. The molecule has 1 unspecified atom stereocenters. The summed E-state index contributed by atoms with van der Waals surface area (Å²) < 4.78 is 5.52. The molecule has 2 aromatic rings. The SMILES string of the molecule is CC(=O)N1CCCC(OC(=O)c2cncc3[nH]ncc23)C1. The maximum Gasteiger partial charge on any atom is 0.340 e. The third kappa shape index (κ3) is 2.72. The van der Waals surface area contributed by atoms with E-state index in [4.69, 9.17) is 4.74 Å². The van der Waals surface area contributed by atoms with Crippen LogP contribution < -0.4 is 0 Å². The Balaban J connectivity index is 1.74. The molecule has 7 heteroatoms. The van der Waals surface area contributed by atoms with Crippen LogP contribution in [0.15, 0.2) is 18.6 Å². The number of carbonyl (C=O) groups excluding carboxylic acids is 2. The predicted molar refractivity (Wildman–Crippen MR) is 74.6 cm³/mol. The number of piperidine rings is 1. The smallest absolute Gasteiger partial charge is 0.340 e. The molecule has 110 valence electrons. The summed E-state index contributed by atoms with van der Waals surface area (Å²) in [6.07, 6.45) is 6.01. The van der Waals surface area contributed by atoms with E-state index in [1.807, 2.05) is 0 Å². The van der Waals surface area contributed by atoms with Crippen molar-refractivity contribution in [3.8, 4) is 0 Å². The van der Waals surface area contributed by atoms with Gasteiger partial charge in [-0.15, -0.1) is 0 Å². The lowest BCUT2D eigenvalue weighted by molar-refractivity contribution is -0.132. The number of rotatable bonds is 2. The molecule has 3 rings (SSSR count). The number of nitrogens with zero attached hydrogens (tertiary/aromatic N) is 3. The van der Waals surface area contributed by atoms with Crippen LogP contribution in [0.4, 0.5) is 0 Å². The van der Waals surface area contributed by atoms with Crippen LogP contribution in [0.3, 0.4) is 0 Å². The molecule has 2 aromatic heterocycles. The van der Waals surface area contributed by atoms with Crippen LogP contribution in [0.25, 0.3) is 10.9 Å². The molecule has 1 fully saturated rings. The number of hydrogen-bond acceptors (Lipinski definition) is 5. The van der Waals surface area contributed by atoms with Gasteiger partial charge in [-0.1, -0.05) is 0 Å². The van der Waals surface area contributed by atoms with E-state index in [2.05, 4.69) is 15.2 Å². The van der Waals surface area contributed by atoms with E-state index in [-0.39, 0.29) is 12.0 Å². The fraction of sp³-hybridized carbons (Fsp3) is 0.429. The van der Waals surface area contributed by atoms with Gasteiger partial charge in [-0.05, 0) is 12.8 Å². The van der Waals surface area contributed by atoms with Crippen molar-refractivity contribution in [3.63, 3.8) is 0 Å². The molecule has 1 N–H and O–H groups in total. The lowest BCUT2D eigenvalue weighted by atomic mass is 10.1. The maximum atomic E-state index is 12.3. The first kappa shape index (κ1) is 13.5. The summed E-state index contributed by atoms with van der Waals surface area (Å²) in [7, 11) is 0. The minimum atomic E-state index is -0.426. The summed E-state index contributed by atoms with van der Waals surface area (Å²) in [4.78, 5) is 29.4. The molecule has 0 aromatic carbocycles. The summed E-state index contributed by atoms with van der Waals surface area (Å²) in [6, 6.07) is 0. The lowest BCUT2D eigenvalue weighted by Crippen LogP contribution is -2.42. The van der Waals surface area contributed by atoms with Gasteiger partial charge in [0.1, 0.15) is 6.10 Å². The van der Waals surface area contributed by atoms with E-state index < -0.39 is 5.97 Å². The van der Waals surface area contributed by atoms with Crippen molar-refractivity contribution in [1.82, 2.24) is 20.1 Å². The monoisotopic (exact) mass is 288 g/mol. The van der Waals surface area contributed by atoms with Gasteiger partial charge >= 0.3 is 5.97 Å². The number of pyridine rings is 1. The topological polar surface area (TPSA) is 88.2 Å². The number of amides is 1. The number of hydrogen-bond donors (Lipinski definition) is 1. The Hall–Kier alpha value is -2.44. The van der Waals surface area contributed by atoms with E-state index >= 15 is 0 Å². The van der Waals surface area contributed by atoms with E-state index in [1.165, 1.54) is 13.1 Å². The second-order valence-electron chi connectivity index (χ2n) is 5.15. The molecule has 0 radical (unpaired) electrons. The van der Waals surface area contributed by atoms with Crippen molar-refractivity contribution in [3.05, 3.63) is 24.2 Å². The number of fused-ring (bicyclic) bond motifs is 1. The van der Waals surface area contributed by atoms with Crippen LogP contribution >= 0.6 is 0 Å². The molecule has 3 heterocycles. The van der Waals surface area contributed by atoms with Crippen LogP contribution in [-0.4, -0.2) is 51.2 Å². The summed E-state index contributed by atoms with van der Waals surface area (Å²) in [5.74, 6) is -0.417. The number of esters is 1. The number of aromatic nitrogens is 3. The molecule has 1 atom stereocenters. The standard InChI is InChI=1S/C14H16N4O3/c1-9(19)18-4-2-3-10(8-18)21-14(20)12-5-15-7-13-11(12)6-16-17-13/h5-7,10H,2-4,8H2,1H3,(H,16,17). The van der Waals surface area contributed by atoms with E-state index in [0.717, 1.165) is 19.4 Å². The average molecular weight is 288 g/mol. The number of carbonyl (C=O) groups is 2. The second-order valence-corrected chi connectivity index (χ2v) is 5.15. The molecule has 0 aliphatic carbocycles. The zero-order chi connectivity index (χ0) is 14.8. The van der Waals surface area contributed by atoms with Gasteiger partial charge < -0.3 is 9.64 Å². The lowest BCUT2D eigenvalue weighted by Gasteiger charge is -2.31. The Morgan fingerprint density at radius 3 is 3.05 bits per heavy atom. The summed E-state index contributed by atoms with van der Waals surface area (Å²) >= 11 is 0. The largest absolute Gasteiger partial charge is 0.457 e. The Labute approximate surface area is 121 Å². The van der Waals surface area contributed by atoms with Crippen LogP contribution in [-0.2, 0) is 9.53 Å². The van der Waals surface area contributed by atoms with Gasteiger partial charge in [-0.2, -0.15) is 5.10 Å². The van der Waals surface area contributed by atoms with Crippen molar-refractivity contribution in [1.29, 1.82) is 0 Å². The highest BCUT2D eigenvalue weighted by Crippen LogP contribution is 2.19. The third-order valence-electron chi connectivity index (χ3n) is 3.68. The van der Waals surface area contributed by atoms with Gasteiger partial charge in [0.2, 0.25) is 5.91 Å². The molecule has 1 amide bonds. The predicted octanol–water partition coefficient (Wildman–Crippen LogP) is 1.13. The highest BCUT2D eigenvalue weighted by molar-refractivity contribution is 6.02. The van der Waals surface area contributed by atoms with Crippen LogP contribution in [0.5, 0.6) is 0 Å². The number of ether oxygens (including phenoxy) is 1. The Bertz CT molecular complexity index is 682. The number of nitrogens with one attached hydrogen (secondary N) is 1. The van der Waals surface area contributed by atoms with Gasteiger partial charge in [0, 0.05) is 25.1 Å². The molecule has 1 aliphatic rings. The van der Waals surface area contributed by atoms with Gasteiger partial charge in [-0.3, -0.25) is 14.9 Å². The summed E-state index contributed by atoms with van der Waals surface area (Å²) in [5, 5.41) is 7.36. The van der Waals surface area contributed by atoms with Gasteiger partial charge in [0.15, 0.2) is 0 Å². The summed E-state index contributed by atoms with van der Waals surface area (Å²) in [6.45, 7) is 2.71. The normalized spacial score (nSPS) is 18.7. The Morgan fingerprint density at radius 2 is 2.24 bits per heavy atom. The van der Waals surface area contributed by atoms with E-state index in [9.17, 15) is 9.59 Å². The van der Waals surface area contributed by atoms with Crippen molar-refractivity contribution in [2.45, 2.75) is 25.9 Å². The Morgan fingerprint density at radius 1 is 1.38 bits per heavy atom. The first-order chi connectivity index (χ1) is 10.1. The molecule has 0 spiro atoms. The zero-order valence-electron chi connectivity index (χ0n) is 11.7. The van der Waals surface area contributed by atoms with Crippen LogP contribution in [0, 0.1) is 0 Å². The van der Waals surface area contributed by atoms with E-state index in [1.54, 1.807) is 17.3 Å². The van der Waals surface area contributed by atoms with Crippen LogP contribution in [0.2, 0.25) is 0 Å². The molecule has 0 saturated carbocycles. The maximum absolute atomic E-state index is 12.3. The third-order valence-corrected chi connectivity index (χ3v) is 3.68. The highest BCUT2D eigenvalue weighted by atomic mass is 16.5. The van der Waals surface area contributed by atoms with Crippen molar-refractivity contribution >= 4 is 22.8 Å². The molecule has 21 heavy (non-hydrogen) atoms. The first-order valence-electron chi connectivity index (χ1n) is 6.88. The number of H-pyrrole nitrogens is 1. The minimum absolute atomic E-state index is 0.00866. The molecule has 1 saturated heterocycles. The van der Waals surface area contributed by atoms with Crippen molar-refractivity contribution in [2.75, 3.05) is 13.1 Å². The zero-order valence-corrected chi connectivity index (χ0v) is 11.7. The first-order valence-corrected chi connectivity index (χ1v) is 6.88. The molecular weight excluding hydrogens is 272 g/mol. The van der Waals surface area contributed by atoms with Crippen LogP contribution in [0.1, 0.15) is 30.1 Å². The van der Waals surface area contributed by atoms with Gasteiger partial charge in [0.05, 0.1) is 30.0 Å². The number of likely N-dealkylation sites (tertiary alicyclic amines) is 1. The van der Waals surface area contributed by atoms with Gasteiger partial charge in [-0.25, -0.2) is 4.79 Å². The van der Waals surface area contributed by atoms with Gasteiger partial charge in [0.25, 0.3) is 0 Å². The quantitative estimate of drug-likeness (QED) is 0.837. The summed E-state index contributed by atoms with van der Waals surface area (Å²) in [5.41, 5.74) is 1.08. The fourth-order valence-electron chi connectivity index (χ4n) is 2.56. The second kappa shape index (κ2) is 5.51. The molecule has 1 aliphatic heterocycles.